The summed E-state index contributed by atoms with van der Waals surface area (Å²) in [5.41, 5.74) is 1.31. The van der Waals surface area contributed by atoms with Crippen molar-refractivity contribution in [2.75, 3.05) is 12.0 Å². The summed E-state index contributed by atoms with van der Waals surface area (Å²) < 4.78 is 18.6. The molecule has 0 spiro atoms. The molecule has 168 valence electrons. The van der Waals surface area contributed by atoms with Crippen LogP contribution < -0.4 is 9.64 Å². The highest BCUT2D eigenvalue weighted by atomic mass is 35.5. The van der Waals surface area contributed by atoms with Crippen LogP contribution in [0.4, 0.5) is 10.1 Å². The van der Waals surface area contributed by atoms with E-state index in [1.54, 1.807) is 60.7 Å². The molecule has 3 aromatic rings. The zero-order valence-electron chi connectivity index (χ0n) is 17.7. The molecule has 1 aliphatic heterocycles. The minimum atomic E-state index is -1.02. The van der Waals surface area contributed by atoms with Crippen molar-refractivity contribution in [3.8, 4) is 5.75 Å². The summed E-state index contributed by atoms with van der Waals surface area (Å²) in [4.78, 5) is 42.1. The van der Waals surface area contributed by atoms with Gasteiger partial charge in [-0.1, -0.05) is 29.8 Å². The van der Waals surface area contributed by atoms with E-state index in [1.807, 2.05) is 0 Å². The third kappa shape index (κ3) is 4.73. The molecule has 33 heavy (non-hydrogen) atoms. The predicted octanol–water partition coefficient (Wildman–Crippen LogP) is 4.46. The summed E-state index contributed by atoms with van der Waals surface area (Å²) in [7, 11) is 1.49. The van der Waals surface area contributed by atoms with Crippen LogP contribution in [0.15, 0.2) is 72.8 Å². The first kappa shape index (κ1) is 22.5. The third-order valence-corrected chi connectivity index (χ3v) is 5.68. The normalized spacial score (nSPS) is 15.6. The molecule has 0 N–H and O–H groups in total. The largest absolute Gasteiger partial charge is 0.497 e. The number of amides is 3. The second-order valence-electron chi connectivity index (χ2n) is 7.56. The number of benzene rings is 3. The maximum atomic E-state index is 13.5. The number of hydrogen-bond donors (Lipinski definition) is 0. The Hall–Kier alpha value is -3.71. The van der Waals surface area contributed by atoms with Gasteiger partial charge in [-0.25, -0.2) is 9.29 Å². The van der Waals surface area contributed by atoms with Crippen LogP contribution in [0.25, 0.3) is 0 Å². The molecule has 0 bridgehead atoms. The number of carbonyl (C=O) groups excluding carboxylic acids is 3. The molecule has 4 rings (SSSR count). The molecule has 0 aromatic heterocycles. The second-order valence-corrected chi connectivity index (χ2v) is 7.99. The van der Waals surface area contributed by atoms with Crippen molar-refractivity contribution in [3.63, 3.8) is 0 Å². The Morgan fingerprint density at radius 1 is 1.09 bits per heavy atom. The topological polar surface area (TPSA) is 66.9 Å². The summed E-state index contributed by atoms with van der Waals surface area (Å²) in [6, 6.07) is 17.5. The molecule has 1 atom stereocenters. The predicted molar refractivity (Wildman–Crippen MR) is 122 cm³/mol. The summed E-state index contributed by atoms with van der Waals surface area (Å²) in [5, 5.41) is 0.473. The molecule has 0 aliphatic carbocycles. The van der Waals surface area contributed by atoms with Crippen LogP contribution in [0.2, 0.25) is 5.02 Å². The highest BCUT2D eigenvalue weighted by Gasteiger charge is 2.44. The Morgan fingerprint density at radius 2 is 1.79 bits per heavy atom. The van der Waals surface area contributed by atoms with E-state index in [2.05, 4.69) is 0 Å². The molecular formula is C25H20ClFN2O4. The molecule has 1 unspecified atom stereocenters. The number of halogens is 2. The maximum absolute atomic E-state index is 13.5. The second kappa shape index (κ2) is 9.42. The van der Waals surface area contributed by atoms with Gasteiger partial charge in [0.2, 0.25) is 5.91 Å². The number of nitrogens with zero attached hydrogens (tertiary/aromatic N) is 2. The van der Waals surface area contributed by atoms with Crippen molar-refractivity contribution in [3.05, 3.63) is 94.8 Å². The lowest BCUT2D eigenvalue weighted by atomic mass is 10.1. The zero-order valence-corrected chi connectivity index (χ0v) is 18.5. The Kier molecular flexibility index (Phi) is 6.42. The molecular weight excluding hydrogens is 447 g/mol. The lowest BCUT2D eigenvalue weighted by molar-refractivity contribution is -0.122. The van der Waals surface area contributed by atoms with Gasteiger partial charge in [0.25, 0.3) is 11.8 Å². The van der Waals surface area contributed by atoms with E-state index in [0.717, 1.165) is 4.90 Å². The van der Waals surface area contributed by atoms with E-state index in [9.17, 15) is 18.8 Å². The first-order valence-corrected chi connectivity index (χ1v) is 10.6. The lowest BCUT2D eigenvalue weighted by Gasteiger charge is -2.28. The zero-order chi connectivity index (χ0) is 23.5. The monoisotopic (exact) mass is 466 g/mol. The van der Waals surface area contributed by atoms with Gasteiger partial charge in [-0.15, -0.1) is 0 Å². The number of methoxy groups -OCH3 is 1. The van der Waals surface area contributed by atoms with Crippen molar-refractivity contribution >= 4 is 35.0 Å². The van der Waals surface area contributed by atoms with Gasteiger partial charge in [0.05, 0.1) is 19.2 Å². The molecule has 1 saturated heterocycles. The highest BCUT2D eigenvalue weighted by molar-refractivity contribution is 6.31. The Bertz CT molecular complexity index is 1200. The fourth-order valence-corrected chi connectivity index (χ4v) is 3.88. The molecule has 3 amide bonds. The quantitative estimate of drug-likeness (QED) is 0.503. The van der Waals surface area contributed by atoms with Crippen molar-refractivity contribution in [1.29, 1.82) is 0 Å². The van der Waals surface area contributed by atoms with Gasteiger partial charge in [0.1, 0.15) is 17.6 Å². The van der Waals surface area contributed by atoms with E-state index >= 15 is 0 Å². The SMILES string of the molecule is COc1cccc(C(=O)N(Cc2ccc(F)cc2)C2CC(=O)N(c3ccc(Cl)cc3)C2=O)c1. The molecule has 6 nitrogen and oxygen atoms in total. The van der Waals surface area contributed by atoms with E-state index in [4.69, 9.17) is 16.3 Å². The standard InChI is InChI=1S/C25H20ClFN2O4/c1-33-21-4-2-3-17(13-21)24(31)28(15-16-5-9-19(27)10-6-16)22-14-23(30)29(25(22)32)20-11-7-18(26)8-12-20/h2-13,22H,14-15H2,1H3. The minimum absolute atomic E-state index is 0.0223. The molecule has 0 radical (unpaired) electrons. The summed E-state index contributed by atoms with van der Waals surface area (Å²) in [6.45, 7) is 0.0223. The fourth-order valence-electron chi connectivity index (χ4n) is 3.75. The highest BCUT2D eigenvalue weighted by Crippen LogP contribution is 2.29. The number of carbonyl (C=O) groups is 3. The smallest absolute Gasteiger partial charge is 0.257 e. The van der Waals surface area contributed by atoms with Crippen LogP contribution in [-0.2, 0) is 16.1 Å². The average Bonchev–Trinajstić information content (AvgIpc) is 3.12. The van der Waals surface area contributed by atoms with Gasteiger partial charge < -0.3 is 9.64 Å². The maximum Gasteiger partial charge on any atom is 0.257 e. The van der Waals surface area contributed by atoms with E-state index in [0.29, 0.717) is 27.6 Å². The average molecular weight is 467 g/mol. The molecule has 1 fully saturated rings. The number of imide groups is 1. The van der Waals surface area contributed by atoms with E-state index in [1.165, 1.54) is 24.1 Å². The van der Waals surface area contributed by atoms with Crippen molar-refractivity contribution < 1.29 is 23.5 Å². The third-order valence-electron chi connectivity index (χ3n) is 5.43. The number of anilines is 1. The van der Waals surface area contributed by atoms with Crippen molar-refractivity contribution in [1.82, 2.24) is 4.90 Å². The van der Waals surface area contributed by atoms with Crippen LogP contribution in [0, 0.1) is 5.82 Å². The Balaban J connectivity index is 1.69. The van der Waals surface area contributed by atoms with Crippen molar-refractivity contribution in [2.24, 2.45) is 0 Å². The van der Waals surface area contributed by atoms with E-state index < -0.39 is 29.6 Å². The van der Waals surface area contributed by atoms with Crippen LogP contribution in [0.5, 0.6) is 5.75 Å². The first-order valence-electron chi connectivity index (χ1n) is 10.2. The van der Waals surface area contributed by atoms with Crippen LogP contribution in [-0.4, -0.2) is 35.8 Å². The summed E-state index contributed by atoms with van der Waals surface area (Å²) in [5.74, 6) is -1.30. The van der Waals surface area contributed by atoms with Crippen LogP contribution in [0.3, 0.4) is 0 Å². The first-order chi connectivity index (χ1) is 15.9. The van der Waals surface area contributed by atoms with Gasteiger partial charge in [-0.2, -0.15) is 0 Å². The van der Waals surface area contributed by atoms with Crippen LogP contribution in [0.1, 0.15) is 22.3 Å². The number of rotatable bonds is 6. The van der Waals surface area contributed by atoms with Gasteiger partial charge in [-0.05, 0) is 60.2 Å². The molecule has 8 heteroatoms. The molecule has 3 aromatic carbocycles. The number of ether oxygens (including phenoxy) is 1. The van der Waals surface area contributed by atoms with Gasteiger partial charge in [0.15, 0.2) is 0 Å². The number of hydrogen-bond acceptors (Lipinski definition) is 4. The molecule has 0 saturated carbocycles. The Morgan fingerprint density at radius 3 is 2.45 bits per heavy atom. The van der Waals surface area contributed by atoms with Gasteiger partial charge >= 0.3 is 0 Å². The summed E-state index contributed by atoms with van der Waals surface area (Å²) >= 11 is 5.93. The minimum Gasteiger partial charge on any atom is -0.497 e. The lowest BCUT2D eigenvalue weighted by Crippen LogP contribution is -2.45. The van der Waals surface area contributed by atoms with Crippen LogP contribution >= 0.6 is 11.6 Å². The van der Waals surface area contributed by atoms with E-state index in [-0.39, 0.29) is 13.0 Å². The Labute approximate surface area is 195 Å². The molecule has 1 aliphatic rings. The van der Waals surface area contributed by atoms with Gasteiger partial charge in [-0.3, -0.25) is 14.4 Å². The molecule has 1 heterocycles. The fraction of sp³-hybridized carbons (Fsp3) is 0.160. The summed E-state index contributed by atoms with van der Waals surface area (Å²) in [6.07, 6.45) is -0.168. The van der Waals surface area contributed by atoms with Crippen molar-refractivity contribution in [2.45, 2.75) is 19.0 Å². The van der Waals surface area contributed by atoms with Gasteiger partial charge in [0, 0.05) is 17.1 Å².